The van der Waals surface area contributed by atoms with E-state index in [4.69, 9.17) is 6.42 Å². The minimum atomic E-state index is -0.835. The number of nitrogens with one attached hydrogen (secondary N) is 3. The lowest BCUT2D eigenvalue weighted by Crippen LogP contribution is -2.61. The number of hydrogen-bond acceptors (Lipinski definition) is 12. The number of piperazine rings is 1. The number of piperidine rings is 2. The molecule has 2 aliphatic carbocycles. The second kappa shape index (κ2) is 19.5. The highest BCUT2D eigenvalue weighted by Gasteiger charge is 2.50. The molecule has 4 atom stereocenters. The zero-order valence-corrected chi connectivity index (χ0v) is 40.8. The molecule has 7 aliphatic rings. The molecule has 5 aliphatic heterocycles. The van der Waals surface area contributed by atoms with Crippen LogP contribution in [0.3, 0.4) is 0 Å². The highest BCUT2D eigenvalue weighted by atomic mass is 16.3. The molecule has 15 nitrogen and oxygen atoms in total. The summed E-state index contributed by atoms with van der Waals surface area (Å²) in [6.45, 7) is 14.2. The summed E-state index contributed by atoms with van der Waals surface area (Å²) in [5, 5.41) is 40.1. The number of benzene rings is 2. The van der Waals surface area contributed by atoms with Gasteiger partial charge in [0, 0.05) is 74.3 Å². The van der Waals surface area contributed by atoms with Crippen LogP contribution in [0.1, 0.15) is 103 Å². The molecule has 2 aromatic carbocycles. The van der Waals surface area contributed by atoms with Crippen LogP contribution < -0.4 is 20.9 Å². The van der Waals surface area contributed by atoms with Crippen LogP contribution >= 0.6 is 0 Å². The summed E-state index contributed by atoms with van der Waals surface area (Å²) >= 11 is 0. The summed E-state index contributed by atoms with van der Waals surface area (Å²) in [5.41, 5.74) is 3.10. The lowest BCUT2D eigenvalue weighted by atomic mass is 9.82. The summed E-state index contributed by atoms with van der Waals surface area (Å²) in [5.74, 6) is 2.82. The molecule has 0 radical (unpaired) electrons. The number of fused-ring (bicyclic) bond motifs is 3. The van der Waals surface area contributed by atoms with Gasteiger partial charge in [-0.3, -0.25) is 19.3 Å². The fourth-order valence-electron chi connectivity index (χ4n) is 12.6. The van der Waals surface area contributed by atoms with E-state index in [-0.39, 0.29) is 42.4 Å². The lowest BCUT2D eigenvalue weighted by Gasteiger charge is -2.50. The SMILES string of the molecule is C#Cc1ccc(C2(NC(=O)[C@@H]3C[C@@H](O)CN3C(=O)[C@@H](NC(=O)[C@H]3CC[C@@H](N4CCC(N5CCC(N6CCN7c8cc(-c9ccccc9O)nnc8NC[C@H]7C6)CC5)CC4)CC3)C(C)(C)C)CC2)cc1. The topological polar surface area (TPSA) is 170 Å². The van der Waals surface area contributed by atoms with Crippen molar-refractivity contribution in [3.63, 3.8) is 0 Å². The van der Waals surface area contributed by atoms with Crippen molar-refractivity contribution in [1.82, 2.24) is 40.4 Å². The quantitative estimate of drug-likeness (QED) is 0.181. The molecular formula is C54H72N10O5. The van der Waals surface area contributed by atoms with E-state index in [1.807, 2.05) is 63.2 Å². The molecule has 2 saturated carbocycles. The van der Waals surface area contributed by atoms with Gasteiger partial charge in [0.05, 0.1) is 29.1 Å². The number of amides is 3. The molecule has 368 valence electrons. The number of rotatable bonds is 10. The zero-order chi connectivity index (χ0) is 48.0. The molecule has 69 heavy (non-hydrogen) atoms. The van der Waals surface area contributed by atoms with Crippen LogP contribution in [0.5, 0.6) is 5.75 Å². The average molecular weight is 941 g/mol. The van der Waals surface area contributed by atoms with Crippen molar-refractivity contribution < 1.29 is 24.6 Å². The molecule has 10 rings (SSSR count). The number of anilines is 2. The van der Waals surface area contributed by atoms with Gasteiger partial charge in [0.1, 0.15) is 17.8 Å². The van der Waals surface area contributed by atoms with Crippen molar-refractivity contribution in [2.75, 3.05) is 69.1 Å². The number of likely N-dealkylation sites (tertiary alicyclic amines) is 3. The minimum absolute atomic E-state index is 0.0537. The van der Waals surface area contributed by atoms with E-state index in [1.165, 1.54) is 30.6 Å². The number of terminal acetylenes is 1. The zero-order valence-electron chi connectivity index (χ0n) is 40.8. The standard InChI is InChI=1S/C54H72N10O5/c1-5-35-10-14-37(15-11-35)54(22-23-54)57-51(68)46-30-42(65)34-64(46)52(69)48(53(2,3)4)56-50(67)36-12-16-38(17-13-36)60-24-18-39(19-25-60)61-26-20-40(21-27-61)62-28-29-63-41(33-62)32-55-49-45(63)31-44(58-59-49)43-8-6-7-9-47(43)66/h1,6-11,14-15,31,36,38-42,46,48,65-66H,12-13,16-30,32-34H2,2-4H3,(H,55,59)(H,56,67)(H,57,68)/t36-,38+,41-,42+,46-,48+/m0/s1. The maximum Gasteiger partial charge on any atom is 0.246 e. The number of phenols is 1. The fraction of sp³-hybridized carbons (Fsp3) is 0.611. The Labute approximate surface area is 407 Å². The van der Waals surface area contributed by atoms with Crippen LogP contribution in [0.2, 0.25) is 0 Å². The summed E-state index contributed by atoms with van der Waals surface area (Å²) < 4.78 is 0. The fourth-order valence-corrected chi connectivity index (χ4v) is 12.6. The van der Waals surface area contributed by atoms with E-state index in [1.54, 1.807) is 6.07 Å². The van der Waals surface area contributed by atoms with Gasteiger partial charge in [-0.05, 0) is 132 Å². The Kier molecular flexibility index (Phi) is 13.4. The summed E-state index contributed by atoms with van der Waals surface area (Å²) in [6.07, 6.45) is 14.8. The van der Waals surface area contributed by atoms with Crippen LogP contribution in [0.15, 0.2) is 54.6 Å². The first-order chi connectivity index (χ1) is 33.3. The Balaban J connectivity index is 0.665. The third-order valence-corrected chi connectivity index (χ3v) is 16.9. The van der Waals surface area contributed by atoms with Crippen LogP contribution in [0, 0.1) is 23.7 Å². The molecule has 6 fully saturated rings. The normalized spacial score (nSPS) is 27.3. The smallest absolute Gasteiger partial charge is 0.246 e. The van der Waals surface area contributed by atoms with E-state index in [0.717, 1.165) is 114 Å². The number of aromatic hydroxyl groups is 1. The first-order valence-corrected chi connectivity index (χ1v) is 25.8. The summed E-state index contributed by atoms with van der Waals surface area (Å²) in [7, 11) is 0. The summed E-state index contributed by atoms with van der Waals surface area (Å²) in [6, 6.07) is 17.4. The first-order valence-electron chi connectivity index (χ1n) is 25.8. The Bertz CT molecular complexity index is 2390. The number of carbonyl (C=O) groups excluding carboxylic acids is 3. The molecule has 5 N–H and O–H groups in total. The van der Waals surface area contributed by atoms with Gasteiger partial charge in [0.15, 0.2) is 5.82 Å². The van der Waals surface area contributed by atoms with E-state index in [2.05, 4.69) is 57.7 Å². The van der Waals surface area contributed by atoms with Crippen LogP contribution in [0.25, 0.3) is 11.3 Å². The van der Waals surface area contributed by atoms with Gasteiger partial charge in [0.25, 0.3) is 0 Å². The lowest BCUT2D eigenvalue weighted by molar-refractivity contribution is -0.145. The second-order valence-electron chi connectivity index (χ2n) is 22.2. The molecular weight excluding hydrogens is 869 g/mol. The van der Waals surface area contributed by atoms with Crippen molar-refractivity contribution >= 4 is 29.2 Å². The van der Waals surface area contributed by atoms with Crippen molar-refractivity contribution in [3.05, 3.63) is 65.7 Å². The maximum atomic E-state index is 14.4. The first kappa shape index (κ1) is 47.4. The largest absolute Gasteiger partial charge is 0.507 e. The van der Waals surface area contributed by atoms with Crippen LogP contribution in [-0.4, -0.2) is 159 Å². The average Bonchev–Trinajstić information content (AvgIpc) is 4.05. The predicted molar refractivity (Wildman–Crippen MR) is 266 cm³/mol. The predicted octanol–water partition coefficient (Wildman–Crippen LogP) is 4.53. The highest BCUT2D eigenvalue weighted by Crippen LogP contribution is 2.46. The number of aromatic nitrogens is 2. The number of aliphatic hydroxyl groups is 1. The molecule has 0 bridgehead atoms. The van der Waals surface area contributed by atoms with E-state index < -0.39 is 29.1 Å². The molecule has 1 aromatic heterocycles. The Hall–Kier alpha value is -5.27. The molecule has 15 heteroatoms. The number of aliphatic hydroxyl groups excluding tert-OH is 1. The van der Waals surface area contributed by atoms with E-state index >= 15 is 0 Å². The van der Waals surface area contributed by atoms with Gasteiger partial charge in [-0.1, -0.05) is 51.0 Å². The molecule has 3 aromatic rings. The van der Waals surface area contributed by atoms with Crippen molar-refractivity contribution in [3.8, 4) is 29.4 Å². The highest BCUT2D eigenvalue weighted by molar-refractivity contribution is 5.94. The number of phenolic OH excluding ortho intramolecular Hbond substituents is 1. The van der Waals surface area contributed by atoms with Gasteiger partial charge < -0.3 is 45.8 Å². The molecule has 0 unspecified atom stereocenters. The van der Waals surface area contributed by atoms with Gasteiger partial charge in [-0.25, -0.2) is 0 Å². The number of β-amino-alcohol motifs (C(OH)–C–C–N with tert-alkyl or cyclic N) is 1. The second-order valence-corrected chi connectivity index (χ2v) is 22.2. The molecule has 3 amide bonds. The van der Waals surface area contributed by atoms with Crippen LogP contribution in [0.4, 0.5) is 11.5 Å². The van der Waals surface area contributed by atoms with E-state index in [0.29, 0.717) is 35.4 Å². The Morgan fingerprint density at radius 2 is 1.45 bits per heavy atom. The Morgan fingerprint density at radius 1 is 0.797 bits per heavy atom. The summed E-state index contributed by atoms with van der Waals surface area (Å²) in [4.78, 5) is 54.4. The number of carbonyl (C=O) groups is 3. The molecule has 4 saturated heterocycles. The van der Waals surface area contributed by atoms with Crippen molar-refractivity contribution in [2.24, 2.45) is 11.3 Å². The molecule has 6 heterocycles. The third kappa shape index (κ3) is 9.92. The Morgan fingerprint density at radius 3 is 2.09 bits per heavy atom. The third-order valence-electron chi connectivity index (χ3n) is 16.9. The van der Waals surface area contributed by atoms with E-state index in [9.17, 15) is 24.6 Å². The van der Waals surface area contributed by atoms with Crippen molar-refractivity contribution in [1.29, 1.82) is 0 Å². The number of nitrogens with zero attached hydrogens (tertiary/aromatic N) is 7. The van der Waals surface area contributed by atoms with Gasteiger partial charge in [0.2, 0.25) is 17.7 Å². The maximum absolute atomic E-state index is 14.4. The number of hydrogen-bond donors (Lipinski definition) is 5. The van der Waals surface area contributed by atoms with Gasteiger partial charge >= 0.3 is 0 Å². The van der Waals surface area contributed by atoms with Gasteiger partial charge in [-0.2, -0.15) is 0 Å². The molecule has 0 spiro atoms. The minimum Gasteiger partial charge on any atom is -0.507 e. The number of para-hydroxylation sites is 1. The monoisotopic (exact) mass is 941 g/mol. The van der Waals surface area contributed by atoms with Crippen molar-refractivity contribution in [2.45, 2.75) is 139 Å². The van der Waals surface area contributed by atoms with Crippen LogP contribution in [-0.2, 0) is 19.9 Å². The van der Waals surface area contributed by atoms with Gasteiger partial charge in [-0.15, -0.1) is 16.6 Å².